The predicted octanol–water partition coefficient (Wildman–Crippen LogP) is 5.04. The molecule has 0 spiro atoms. The molecule has 1 aliphatic carbocycles. The number of carbonyl (C=O) groups excluding carboxylic acids is 1. The SMILES string of the molecule is CS(C)(C)(C)(CC1CCCc2ccccc21)C(=O)c1ccc(C(=O)O)cc1. The number of aromatic carboxylic acids is 1. The summed E-state index contributed by atoms with van der Waals surface area (Å²) in [5, 5.41) is 9.27. The number of hydrogen-bond donors (Lipinski definition) is 1. The smallest absolute Gasteiger partial charge is 0.335 e. The van der Waals surface area contributed by atoms with Crippen molar-refractivity contribution in [1.82, 2.24) is 0 Å². The van der Waals surface area contributed by atoms with Crippen LogP contribution in [-0.4, -0.2) is 47.0 Å². The standard InChI is InChI=1S/C23H30O3S/c1-27(2,3,4,23(26)19-14-12-18(13-15-19)22(24)25)16-20-10-7-9-17-8-5-6-11-21(17)20/h5-6,8,11-15,20H,7,9-10,16H2,1-4H3,(H,24,25). The number of fused-ring (bicyclic) bond motifs is 1. The molecule has 0 fully saturated rings. The van der Waals surface area contributed by atoms with Crippen LogP contribution in [-0.2, 0) is 6.42 Å². The zero-order valence-electron chi connectivity index (χ0n) is 16.7. The number of aryl methyl sites for hydroxylation is 1. The van der Waals surface area contributed by atoms with Gasteiger partial charge in [0.05, 0.1) is 5.56 Å². The van der Waals surface area contributed by atoms with Crippen molar-refractivity contribution in [1.29, 1.82) is 0 Å². The highest BCUT2D eigenvalue weighted by molar-refractivity contribution is 8.72. The number of carboxylic acid groups (broad SMARTS) is 1. The van der Waals surface area contributed by atoms with Gasteiger partial charge in [-0.15, -0.1) is 0 Å². The first-order chi connectivity index (χ1) is 12.4. The van der Waals surface area contributed by atoms with Gasteiger partial charge in [-0.05, 0) is 91.3 Å². The summed E-state index contributed by atoms with van der Waals surface area (Å²) in [4.78, 5) is 24.8. The quantitative estimate of drug-likeness (QED) is 0.801. The zero-order valence-corrected chi connectivity index (χ0v) is 17.5. The topological polar surface area (TPSA) is 54.4 Å². The first kappa shape index (κ1) is 19.7. The van der Waals surface area contributed by atoms with Crippen LogP contribution >= 0.6 is 8.29 Å². The minimum atomic E-state index is -3.08. The second-order valence-electron chi connectivity index (χ2n) is 10.2. The van der Waals surface area contributed by atoms with E-state index in [4.69, 9.17) is 5.11 Å². The van der Waals surface area contributed by atoms with Crippen LogP contribution in [0.25, 0.3) is 0 Å². The fraction of sp³-hybridized carbons (Fsp3) is 0.391. The third-order valence-electron chi connectivity index (χ3n) is 5.69. The molecule has 146 valence electrons. The van der Waals surface area contributed by atoms with E-state index < -0.39 is 14.3 Å². The molecule has 0 saturated carbocycles. The Balaban J connectivity index is 1.96. The van der Waals surface area contributed by atoms with Crippen LogP contribution in [0.1, 0.15) is 50.6 Å². The highest BCUT2D eigenvalue weighted by Gasteiger charge is 2.52. The molecule has 0 saturated heterocycles. The second-order valence-corrected chi connectivity index (χ2v) is 20.0. The average molecular weight is 387 g/mol. The molecule has 2 aromatic carbocycles. The molecule has 1 N–H and O–H groups in total. The Hall–Kier alpha value is -2.07. The van der Waals surface area contributed by atoms with E-state index in [1.165, 1.54) is 23.3 Å². The summed E-state index contributed by atoms with van der Waals surface area (Å²) >= 11 is 0. The molecule has 4 heteroatoms. The summed E-state index contributed by atoms with van der Waals surface area (Å²) in [7, 11) is -3.08. The van der Waals surface area contributed by atoms with Gasteiger partial charge in [-0.1, -0.05) is 24.3 Å². The summed E-state index contributed by atoms with van der Waals surface area (Å²) < 4.78 is 0. The van der Waals surface area contributed by atoms with Crippen LogP contribution in [0.15, 0.2) is 48.5 Å². The molecular formula is C23H30O3S. The molecule has 27 heavy (non-hydrogen) atoms. The van der Waals surface area contributed by atoms with Crippen molar-refractivity contribution < 1.29 is 14.7 Å². The largest absolute Gasteiger partial charge is 0.478 e. The Morgan fingerprint density at radius 2 is 1.56 bits per heavy atom. The minimum Gasteiger partial charge on any atom is -0.478 e. The van der Waals surface area contributed by atoms with Crippen LogP contribution in [0, 0.1) is 0 Å². The van der Waals surface area contributed by atoms with Gasteiger partial charge in [0.25, 0.3) is 0 Å². The van der Waals surface area contributed by atoms with E-state index >= 15 is 0 Å². The van der Waals surface area contributed by atoms with E-state index in [9.17, 15) is 9.59 Å². The van der Waals surface area contributed by atoms with Crippen molar-refractivity contribution >= 4 is 19.4 Å². The monoisotopic (exact) mass is 386 g/mol. The lowest BCUT2D eigenvalue weighted by molar-refractivity contribution is 0.0696. The molecule has 0 aliphatic heterocycles. The van der Waals surface area contributed by atoms with E-state index in [0.717, 1.165) is 25.0 Å². The van der Waals surface area contributed by atoms with Gasteiger partial charge in [-0.25, -0.2) is 13.1 Å². The lowest BCUT2D eigenvalue weighted by Gasteiger charge is -2.68. The van der Waals surface area contributed by atoms with Crippen molar-refractivity contribution in [3.8, 4) is 0 Å². The highest BCUT2D eigenvalue weighted by Crippen LogP contribution is 2.81. The molecule has 0 radical (unpaired) electrons. The molecule has 1 unspecified atom stereocenters. The van der Waals surface area contributed by atoms with Gasteiger partial charge >= 0.3 is 5.97 Å². The molecule has 2 aromatic rings. The Morgan fingerprint density at radius 1 is 0.963 bits per heavy atom. The molecule has 1 aliphatic rings. The molecule has 0 heterocycles. The molecule has 3 rings (SSSR count). The first-order valence-corrected chi connectivity index (χ1v) is 13.6. The number of rotatable bonds is 4. The predicted molar refractivity (Wildman–Crippen MR) is 116 cm³/mol. The van der Waals surface area contributed by atoms with Gasteiger partial charge in [-0.2, -0.15) is 0 Å². The van der Waals surface area contributed by atoms with Crippen molar-refractivity contribution in [2.75, 3.05) is 30.8 Å². The van der Waals surface area contributed by atoms with Gasteiger partial charge in [0.1, 0.15) is 0 Å². The minimum absolute atomic E-state index is 0.162. The number of carboxylic acids is 1. The normalized spacial score (nSPS) is 19.5. The van der Waals surface area contributed by atoms with Crippen LogP contribution < -0.4 is 0 Å². The summed E-state index contributed by atoms with van der Waals surface area (Å²) in [5.74, 6) is 0.278. The van der Waals surface area contributed by atoms with Gasteiger partial charge in [0.2, 0.25) is 0 Å². The van der Waals surface area contributed by atoms with Gasteiger partial charge < -0.3 is 5.11 Å². The highest BCUT2D eigenvalue weighted by atomic mass is 32.4. The maximum Gasteiger partial charge on any atom is 0.335 e. The van der Waals surface area contributed by atoms with Crippen LogP contribution in [0.2, 0.25) is 0 Å². The first-order valence-electron chi connectivity index (χ1n) is 9.37. The maximum absolute atomic E-state index is 13.7. The fourth-order valence-corrected chi connectivity index (χ4v) is 7.87. The fourth-order valence-electron chi connectivity index (χ4n) is 4.31. The average Bonchev–Trinajstić information content (AvgIpc) is 2.60. The third kappa shape index (κ3) is 3.96. The molecule has 3 nitrogen and oxygen atoms in total. The molecule has 1 atom stereocenters. The van der Waals surface area contributed by atoms with Gasteiger partial charge in [0.15, 0.2) is 5.12 Å². The molecular weight excluding hydrogens is 356 g/mol. The summed E-state index contributed by atoms with van der Waals surface area (Å²) in [6.45, 7) is 0. The summed E-state index contributed by atoms with van der Waals surface area (Å²) in [5.41, 5.74) is 3.64. The Bertz CT molecular complexity index is 903. The van der Waals surface area contributed by atoms with Crippen LogP contribution in [0.5, 0.6) is 0 Å². The maximum atomic E-state index is 13.7. The van der Waals surface area contributed by atoms with E-state index in [1.807, 2.05) is 0 Å². The number of benzene rings is 2. The van der Waals surface area contributed by atoms with Crippen molar-refractivity contribution in [3.63, 3.8) is 0 Å². The van der Waals surface area contributed by atoms with Gasteiger partial charge in [0, 0.05) is 5.56 Å². The lowest BCUT2D eigenvalue weighted by atomic mass is 9.84. The molecule has 0 bridgehead atoms. The number of hydrogen-bond acceptors (Lipinski definition) is 2. The van der Waals surface area contributed by atoms with E-state index in [1.54, 1.807) is 12.1 Å². The van der Waals surface area contributed by atoms with Crippen molar-refractivity contribution in [2.24, 2.45) is 0 Å². The Labute approximate surface area is 161 Å². The van der Waals surface area contributed by atoms with E-state index in [2.05, 4.69) is 49.3 Å². The van der Waals surface area contributed by atoms with Gasteiger partial charge in [-0.3, -0.25) is 4.79 Å². The number of carbonyl (C=O) groups is 2. The van der Waals surface area contributed by atoms with E-state index in [-0.39, 0.29) is 10.7 Å². The molecule has 0 amide bonds. The summed E-state index contributed by atoms with van der Waals surface area (Å²) in [6, 6.07) is 15.0. The Morgan fingerprint density at radius 3 is 2.19 bits per heavy atom. The van der Waals surface area contributed by atoms with Crippen LogP contribution in [0.4, 0.5) is 0 Å². The van der Waals surface area contributed by atoms with Crippen molar-refractivity contribution in [3.05, 3.63) is 70.8 Å². The Kier molecular flexibility index (Phi) is 4.35. The lowest BCUT2D eigenvalue weighted by Crippen LogP contribution is -2.44. The second kappa shape index (κ2) is 5.96. The molecule has 0 aromatic heterocycles. The summed E-state index contributed by atoms with van der Waals surface area (Å²) in [6.07, 6.45) is 12.0. The zero-order chi connectivity index (χ0) is 19.9. The van der Waals surface area contributed by atoms with Crippen molar-refractivity contribution in [2.45, 2.75) is 25.2 Å². The third-order valence-corrected chi connectivity index (χ3v) is 9.57. The van der Waals surface area contributed by atoms with E-state index in [0.29, 0.717) is 11.5 Å². The van der Waals surface area contributed by atoms with Crippen LogP contribution in [0.3, 0.4) is 0 Å².